The number of aryl methyl sites for hydroxylation is 1. The average molecular weight is 282 g/mol. The van der Waals surface area contributed by atoms with Crippen molar-refractivity contribution in [2.24, 2.45) is 5.92 Å². The first-order valence-electron chi connectivity index (χ1n) is 6.70. The van der Waals surface area contributed by atoms with E-state index in [1.54, 1.807) is 11.3 Å². The quantitative estimate of drug-likeness (QED) is 0.908. The number of nitrogens with zero attached hydrogens (tertiary/aromatic N) is 3. The van der Waals surface area contributed by atoms with Gasteiger partial charge < -0.3 is 10.6 Å². The molecule has 1 fully saturated rings. The van der Waals surface area contributed by atoms with Crippen LogP contribution < -0.4 is 5.73 Å². The van der Waals surface area contributed by atoms with Crippen LogP contribution in [0.3, 0.4) is 0 Å². The van der Waals surface area contributed by atoms with E-state index in [4.69, 9.17) is 5.73 Å². The van der Waals surface area contributed by atoms with Crippen LogP contribution in [0.25, 0.3) is 0 Å². The van der Waals surface area contributed by atoms with E-state index in [0.29, 0.717) is 5.13 Å². The van der Waals surface area contributed by atoms with Crippen molar-refractivity contribution in [3.63, 3.8) is 0 Å². The second kappa shape index (κ2) is 5.88. The van der Waals surface area contributed by atoms with Gasteiger partial charge >= 0.3 is 0 Å². The summed E-state index contributed by atoms with van der Waals surface area (Å²) in [6.07, 6.45) is 0. The van der Waals surface area contributed by atoms with E-state index in [9.17, 15) is 4.79 Å². The lowest BCUT2D eigenvalue weighted by atomic mass is 10.1. The summed E-state index contributed by atoms with van der Waals surface area (Å²) in [6.45, 7) is 10.3. The number of thiazole rings is 1. The normalized spacial score (nSPS) is 17.2. The Kier molecular flexibility index (Phi) is 4.42. The summed E-state index contributed by atoms with van der Waals surface area (Å²) in [4.78, 5) is 21.7. The number of rotatable bonds is 3. The lowest BCUT2D eigenvalue weighted by Gasteiger charge is -2.35. The van der Waals surface area contributed by atoms with Gasteiger partial charge in [-0.2, -0.15) is 0 Å². The molecule has 0 bridgehead atoms. The molecule has 1 aliphatic rings. The maximum Gasteiger partial charge on any atom is 0.225 e. The van der Waals surface area contributed by atoms with Gasteiger partial charge in [0, 0.05) is 43.5 Å². The molecule has 2 heterocycles. The highest BCUT2D eigenvalue weighted by Gasteiger charge is 2.23. The first-order chi connectivity index (χ1) is 8.97. The molecule has 1 aromatic rings. The minimum Gasteiger partial charge on any atom is -0.375 e. The van der Waals surface area contributed by atoms with Gasteiger partial charge in [0.1, 0.15) is 0 Å². The Bertz CT molecular complexity index is 449. The van der Waals surface area contributed by atoms with Crippen LogP contribution in [0.4, 0.5) is 5.13 Å². The number of nitrogen functional groups attached to an aromatic ring is 1. The molecule has 6 heteroatoms. The third kappa shape index (κ3) is 3.45. The number of carbonyl (C=O) groups excluding carboxylic acids is 1. The van der Waals surface area contributed by atoms with Crippen molar-refractivity contribution in [3.05, 3.63) is 10.6 Å². The summed E-state index contributed by atoms with van der Waals surface area (Å²) in [5.74, 6) is 0.355. The van der Waals surface area contributed by atoms with Crippen molar-refractivity contribution in [1.82, 2.24) is 14.8 Å². The fraction of sp³-hybridized carbons (Fsp3) is 0.692. The molecule has 0 radical (unpaired) electrons. The first-order valence-corrected chi connectivity index (χ1v) is 7.52. The number of nitrogens with two attached hydrogens (primary N) is 1. The molecule has 106 valence electrons. The predicted molar refractivity (Wildman–Crippen MR) is 78.0 cm³/mol. The summed E-state index contributed by atoms with van der Waals surface area (Å²) in [5, 5.41) is 0.640. The van der Waals surface area contributed by atoms with Crippen molar-refractivity contribution in [3.8, 4) is 0 Å². The lowest BCUT2D eigenvalue weighted by Crippen LogP contribution is -2.49. The molecule has 2 N–H and O–H groups in total. The molecule has 0 aromatic carbocycles. The third-order valence-electron chi connectivity index (χ3n) is 3.45. The molecule has 1 saturated heterocycles. The van der Waals surface area contributed by atoms with Crippen molar-refractivity contribution in [1.29, 1.82) is 0 Å². The zero-order valence-corrected chi connectivity index (χ0v) is 12.7. The Morgan fingerprint density at radius 3 is 2.47 bits per heavy atom. The van der Waals surface area contributed by atoms with Gasteiger partial charge in [-0.1, -0.05) is 13.8 Å². The molecule has 2 rings (SSSR count). The molecule has 0 aliphatic carbocycles. The van der Waals surface area contributed by atoms with Gasteiger partial charge in [-0.05, 0) is 6.92 Å². The Labute approximate surface area is 118 Å². The van der Waals surface area contributed by atoms with Crippen LogP contribution in [-0.4, -0.2) is 46.9 Å². The first kappa shape index (κ1) is 14.3. The fourth-order valence-corrected chi connectivity index (χ4v) is 3.17. The van der Waals surface area contributed by atoms with Gasteiger partial charge in [0.05, 0.1) is 5.69 Å². The van der Waals surface area contributed by atoms with Crippen molar-refractivity contribution < 1.29 is 4.79 Å². The van der Waals surface area contributed by atoms with E-state index in [0.717, 1.165) is 38.4 Å². The zero-order valence-electron chi connectivity index (χ0n) is 11.8. The highest BCUT2D eigenvalue weighted by atomic mass is 32.1. The largest absolute Gasteiger partial charge is 0.375 e. The summed E-state index contributed by atoms with van der Waals surface area (Å²) in [6, 6.07) is 0. The van der Waals surface area contributed by atoms with Crippen molar-refractivity contribution in [2.75, 3.05) is 31.9 Å². The number of piperazine rings is 1. The molecule has 0 atom stereocenters. The SMILES string of the molecule is Cc1nc(N)sc1CN1CCN(C(=O)C(C)C)CC1. The Balaban J connectivity index is 1.87. The van der Waals surface area contributed by atoms with E-state index in [-0.39, 0.29) is 11.8 Å². The highest BCUT2D eigenvalue weighted by molar-refractivity contribution is 7.15. The van der Waals surface area contributed by atoms with Gasteiger partial charge in [-0.25, -0.2) is 4.98 Å². The Morgan fingerprint density at radius 2 is 2.00 bits per heavy atom. The van der Waals surface area contributed by atoms with Gasteiger partial charge in [0.15, 0.2) is 5.13 Å². The standard InChI is InChI=1S/C13H22N4OS/c1-9(2)12(18)17-6-4-16(5-7-17)8-11-10(3)15-13(14)19-11/h9H,4-8H2,1-3H3,(H2,14,15). The van der Waals surface area contributed by atoms with E-state index in [1.165, 1.54) is 4.88 Å². The zero-order chi connectivity index (χ0) is 14.0. The van der Waals surface area contributed by atoms with Crippen LogP contribution in [0.5, 0.6) is 0 Å². The van der Waals surface area contributed by atoms with E-state index < -0.39 is 0 Å². The molecular weight excluding hydrogens is 260 g/mol. The Hall–Kier alpha value is -1.14. The molecule has 19 heavy (non-hydrogen) atoms. The average Bonchev–Trinajstić information content (AvgIpc) is 2.68. The van der Waals surface area contributed by atoms with Gasteiger partial charge in [0.25, 0.3) is 0 Å². The third-order valence-corrected chi connectivity index (χ3v) is 4.43. The number of amides is 1. The van der Waals surface area contributed by atoms with E-state index in [2.05, 4.69) is 9.88 Å². The summed E-state index contributed by atoms with van der Waals surface area (Å²) < 4.78 is 0. The van der Waals surface area contributed by atoms with Crippen LogP contribution in [0.1, 0.15) is 24.4 Å². The molecule has 0 saturated carbocycles. The molecule has 1 amide bonds. The summed E-state index contributed by atoms with van der Waals surface area (Å²) in [7, 11) is 0. The number of hydrogen-bond donors (Lipinski definition) is 1. The lowest BCUT2D eigenvalue weighted by molar-refractivity contribution is -0.136. The van der Waals surface area contributed by atoms with Crippen molar-refractivity contribution >= 4 is 22.4 Å². The van der Waals surface area contributed by atoms with Crippen LogP contribution in [-0.2, 0) is 11.3 Å². The molecule has 1 aliphatic heterocycles. The molecule has 0 unspecified atom stereocenters. The monoisotopic (exact) mass is 282 g/mol. The molecular formula is C13H22N4OS. The minimum atomic E-state index is 0.0927. The second-order valence-corrected chi connectivity index (χ2v) is 6.43. The summed E-state index contributed by atoms with van der Waals surface area (Å²) >= 11 is 1.56. The molecule has 0 spiro atoms. The number of hydrogen-bond acceptors (Lipinski definition) is 5. The number of carbonyl (C=O) groups is 1. The van der Waals surface area contributed by atoms with E-state index in [1.807, 2.05) is 25.7 Å². The highest BCUT2D eigenvalue weighted by Crippen LogP contribution is 2.22. The van der Waals surface area contributed by atoms with Crippen LogP contribution in [0.15, 0.2) is 0 Å². The maximum absolute atomic E-state index is 11.9. The Morgan fingerprint density at radius 1 is 1.37 bits per heavy atom. The maximum atomic E-state index is 11.9. The molecule has 5 nitrogen and oxygen atoms in total. The molecule has 1 aromatic heterocycles. The predicted octanol–water partition coefficient (Wildman–Crippen LogP) is 1.33. The van der Waals surface area contributed by atoms with Gasteiger partial charge in [0.2, 0.25) is 5.91 Å². The smallest absolute Gasteiger partial charge is 0.225 e. The van der Waals surface area contributed by atoms with Crippen molar-refractivity contribution in [2.45, 2.75) is 27.3 Å². The van der Waals surface area contributed by atoms with Crippen LogP contribution >= 0.6 is 11.3 Å². The topological polar surface area (TPSA) is 62.5 Å². The minimum absolute atomic E-state index is 0.0927. The second-order valence-electron chi connectivity index (χ2n) is 5.32. The fourth-order valence-electron chi connectivity index (χ4n) is 2.29. The van der Waals surface area contributed by atoms with Gasteiger partial charge in [-0.3, -0.25) is 9.69 Å². The van der Waals surface area contributed by atoms with Crippen LogP contribution in [0, 0.1) is 12.8 Å². The van der Waals surface area contributed by atoms with Gasteiger partial charge in [-0.15, -0.1) is 11.3 Å². The number of aromatic nitrogens is 1. The number of anilines is 1. The van der Waals surface area contributed by atoms with E-state index >= 15 is 0 Å². The summed E-state index contributed by atoms with van der Waals surface area (Å²) in [5.41, 5.74) is 6.75. The van der Waals surface area contributed by atoms with Crippen LogP contribution in [0.2, 0.25) is 0 Å².